The molecule has 0 fully saturated rings. The Bertz CT molecular complexity index is 311. The lowest BCUT2D eigenvalue weighted by Gasteiger charge is -2.05. The molecule has 0 aliphatic heterocycles. The molecular weight excluding hydrogens is 175 g/mol. The molecule has 0 bridgehead atoms. The van der Waals surface area contributed by atoms with Crippen molar-refractivity contribution in [2.75, 3.05) is 7.11 Å². The van der Waals surface area contributed by atoms with Gasteiger partial charge >= 0.3 is 5.97 Å². The zero-order chi connectivity index (χ0) is 9.84. The molecule has 1 aromatic carbocycles. The Labute approximate surface area is 74.8 Å². The lowest BCUT2D eigenvalue weighted by Crippen LogP contribution is -2.05. The first-order valence-corrected chi connectivity index (χ1v) is 3.66. The minimum atomic E-state index is -1.99. The largest absolute Gasteiger partial charge is 0.497 e. The topological polar surface area (TPSA) is 46.5 Å². The second kappa shape index (κ2) is 3.89. The summed E-state index contributed by atoms with van der Waals surface area (Å²) in [5.41, 5.74) is 0.0897. The highest BCUT2D eigenvalue weighted by atomic mass is 19.1. The minimum absolute atomic E-state index is 0.0897. The maximum atomic E-state index is 12.9. The molecule has 3 nitrogen and oxygen atoms in total. The molecule has 0 aliphatic carbocycles. The quantitative estimate of drug-likeness (QED) is 0.778. The van der Waals surface area contributed by atoms with Gasteiger partial charge < -0.3 is 9.84 Å². The van der Waals surface area contributed by atoms with E-state index in [-0.39, 0.29) is 5.56 Å². The van der Waals surface area contributed by atoms with Crippen LogP contribution in [0.25, 0.3) is 0 Å². The molecule has 1 rings (SSSR count). The Balaban J connectivity index is 2.94. The van der Waals surface area contributed by atoms with Crippen LogP contribution in [-0.2, 0) is 4.79 Å². The molecule has 0 heterocycles. The summed E-state index contributed by atoms with van der Waals surface area (Å²) in [7, 11) is 1.44. The highest BCUT2D eigenvalue weighted by molar-refractivity contribution is 5.74. The minimum Gasteiger partial charge on any atom is -0.497 e. The van der Waals surface area contributed by atoms with Crippen molar-refractivity contribution in [1.82, 2.24) is 0 Å². The molecule has 1 atom stereocenters. The third-order valence-electron chi connectivity index (χ3n) is 1.60. The Morgan fingerprint density at radius 1 is 1.62 bits per heavy atom. The molecule has 1 aromatic rings. The number of alkyl halides is 1. The number of rotatable bonds is 3. The van der Waals surface area contributed by atoms with Gasteiger partial charge in [-0.05, 0) is 12.1 Å². The number of aliphatic carboxylic acids is 1. The fourth-order valence-electron chi connectivity index (χ4n) is 0.942. The summed E-state index contributed by atoms with van der Waals surface area (Å²) in [6, 6.07) is 5.93. The lowest BCUT2D eigenvalue weighted by molar-refractivity contribution is -0.143. The van der Waals surface area contributed by atoms with Gasteiger partial charge in [-0.3, -0.25) is 0 Å². The van der Waals surface area contributed by atoms with Crippen molar-refractivity contribution < 1.29 is 19.0 Å². The molecule has 1 N–H and O–H groups in total. The number of carbonyl (C=O) groups is 1. The monoisotopic (exact) mass is 184 g/mol. The summed E-state index contributed by atoms with van der Waals surface area (Å²) in [6.07, 6.45) is -1.99. The van der Waals surface area contributed by atoms with E-state index in [0.717, 1.165) is 0 Å². The molecule has 0 aromatic heterocycles. The predicted octanol–water partition coefficient (Wildman–Crippen LogP) is 1.79. The van der Waals surface area contributed by atoms with E-state index in [1.54, 1.807) is 12.1 Å². The normalized spacial score (nSPS) is 12.2. The second-order valence-electron chi connectivity index (χ2n) is 2.48. The first-order chi connectivity index (χ1) is 6.15. The van der Waals surface area contributed by atoms with Gasteiger partial charge in [-0.1, -0.05) is 12.1 Å². The van der Waals surface area contributed by atoms with Crippen LogP contribution in [0.4, 0.5) is 4.39 Å². The van der Waals surface area contributed by atoms with E-state index < -0.39 is 12.1 Å². The van der Waals surface area contributed by atoms with Crippen molar-refractivity contribution in [2.45, 2.75) is 6.17 Å². The van der Waals surface area contributed by atoms with Gasteiger partial charge in [0.1, 0.15) is 5.75 Å². The summed E-state index contributed by atoms with van der Waals surface area (Å²) < 4.78 is 17.7. The van der Waals surface area contributed by atoms with Crippen LogP contribution in [0, 0.1) is 0 Å². The van der Waals surface area contributed by atoms with Crippen LogP contribution in [0.2, 0.25) is 0 Å². The number of hydrogen-bond donors (Lipinski definition) is 1. The van der Waals surface area contributed by atoms with Gasteiger partial charge in [0.15, 0.2) is 0 Å². The Hall–Kier alpha value is -1.58. The maximum Gasteiger partial charge on any atom is 0.343 e. The Kier molecular flexibility index (Phi) is 2.84. The number of carboxylic acids is 1. The summed E-state index contributed by atoms with van der Waals surface area (Å²) in [5.74, 6) is -1.05. The molecule has 0 spiro atoms. The number of ether oxygens (including phenoxy) is 1. The first kappa shape index (κ1) is 9.51. The Morgan fingerprint density at radius 2 is 2.31 bits per heavy atom. The average Bonchev–Trinajstić information content (AvgIpc) is 2.16. The van der Waals surface area contributed by atoms with Crippen molar-refractivity contribution >= 4 is 5.97 Å². The molecule has 13 heavy (non-hydrogen) atoms. The van der Waals surface area contributed by atoms with Gasteiger partial charge in [0.25, 0.3) is 0 Å². The Morgan fingerprint density at radius 3 is 2.85 bits per heavy atom. The van der Waals surface area contributed by atoms with Gasteiger partial charge in [-0.15, -0.1) is 0 Å². The van der Waals surface area contributed by atoms with Gasteiger partial charge in [0, 0.05) is 5.56 Å². The smallest absolute Gasteiger partial charge is 0.343 e. The van der Waals surface area contributed by atoms with Crippen LogP contribution >= 0.6 is 0 Å². The molecule has 0 amide bonds. The van der Waals surface area contributed by atoms with Gasteiger partial charge in [-0.25, -0.2) is 9.18 Å². The third kappa shape index (κ3) is 2.18. The summed E-state index contributed by atoms with van der Waals surface area (Å²) in [6.45, 7) is 0. The van der Waals surface area contributed by atoms with E-state index in [9.17, 15) is 9.18 Å². The van der Waals surface area contributed by atoms with E-state index >= 15 is 0 Å². The molecule has 0 radical (unpaired) electrons. The molecule has 0 saturated heterocycles. The average molecular weight is 184 g/mol. The summed E-state index contributed by atoms with van der Waals surface area (Å²) in [4.78, 5) is 10.3. The number of hydrogen-bond acceptors (Lipinski definition) is 2. The molecule has 70 valence electrons. The van der Waals surface area contributed by atoms with Crippen molar-refractivity contribution in [1.29, 1.82) is 0 Å². The van der Waals surface area contributed by atoms with Crippen LogP contribution < -0.4 is 4.74 Å². The van der Waals surface area contributed by atoms with Crippen molar-refractivity contribution in [2.24, 2.45) is 0 Å². The van der Waals surface area contributed by atoms with Crippen LogP contribution in [-0.4, -0.2) is 18.2 Å². The SMILES string of the molecule is COc1cccc(C(F)C(=O)O)c1. The summed E-state index contributed by atoms with van der Waals surface area (Å²) >= 11 is 0. The molecule has 0 saturated carbocycles. The first-order valence-electron chi connectivity index (χ1n) is 3.66. The zero-order valence-electron chi connectivity index (χ0n) is 7.03. The third-order valence-corrected chi connectivity index (χ3v) is 1.60. The summed E-state index contributed by atoms with van der Waals surface area (Å²) in [5, 5.41) is 8.38. The van der Waals surface area contributed by atoms with E-state index in [4.69, 9.17) is 9.84 Å². The molecule has 0 aliphatic rings. The second-order valence-corrected chi connectivity index (χ2v) is 2.48. The van der Waals surface area contributed by atoms with Crippen LogP contribution in [0.15, 0.2) is 24.3 Å². The number of carboxylic acid groups (broad SMARTS) is 1. The number of benzene rings is 1. The van der Waals surface area contributed by atoms with Crippen molar-refractivity contribution in [3.8, 4) is 5.75 Å². The predicted molar refractivity (Wildman–Crippen MR) is 44.5 cm³/mol. The van der Waals surface area contributed by atoms with Crippen LogP contribution in [0.3, 0.4) is 0 Å². The molecule has 4 heteroatoms. The number of methoxy groups -OCH3 is 1. The van der Waals surface area contributed by atoms with Crippen LogP contribution in [0.5, 0.6) is 5.75 Å². The van der Waals surface area contributed by atoms with Crippen molar-refractivity contribution in [3.63, 3.8) is 0 Å². The van der Waals surface area contributed by atoms with Crippen LogP contribution in [0.1, 0.15) is 11.7 Å². The molecular formula is C9H9FO3. The number of halogens is 1. The van der Waals surface area contributed by atoms with E-state index in [1.165, 1.54) is 19.2 Å². The zero-order valence-corrected chi connectivity index (χ0v) is 7.03. The molecule has 1 unspecified atom stereocenters. The highest BCUT2D eigenvalue weighted by Gasteiger charge is 2.18. The van der Waals surface area contributed by atoms with Crippen molar-refractivity contribution in [3.05, 3.63) is 29.8 Å². The standard InChI is InChI=1S/C9H9FO3/c1-13-7-4-2-3-6(5-7)8(10)9(11)12/h2-5,8H,1H3,(H,11,12). The fourth-order valence-corrected chi connectivity index (χ4v) is 0.942. The highest BCUT2D eigenvalue weighted by Crippen LogP contribution is 2.21. The van der Waals surface area contributed by atoms with Gasteiger partial charge in [-0.2, -0.15) is 0 Å². The maximum absolute atomic E-state index is 12.9. The van der Waals surface area contributed by atoms with E-state index in [1.807, 2.05) is 0 Å². The van der Waals surface area contributed by atoms with Gasteiger partial charge in [0.05, 0.1) is 7.11 Å². The van der Waals surface area contributed by atoms with E-state index in [2.05, 4.69) is 0 Å². The fraction of sp³-hybridized carbons (Fsp3) is 0.222. The van der Waals surface area contributed by atoms with Gasteiger partial charge in [0.2, 0.25) is 6.17 Å². The lowest BCUT2D eigenvalue weighted by atomic mass is 10.1. The van der Waals surface area contributed by atoms with E-state index in [0.29, 0.717) is 5.75 Å².